The van der Waals surface area contributed by atoms with E-state index in [2.05, 4.69) is 10.3 Å². The SMILES string of the molecule is COc1ncc(-c2ccc(NC(=O)CN(C)C)cc2)c2c(O)cccc12. The Kier molecular flexibility index (Phi) is 5.04. The fourth-order valence-electron chi connectivity index (χ4n) is 2.86. The number of hydrogen-bond acceptors (Lipinski definition) is 5. The third-order valence-corrected chi connectivity index (χ3v) is 3.99. The molecule has 0 atom stereocenters. The molecule has 1 amide bonds. The number of aromatic hydroxyl groups is 1. The van der Waals surface area contributed by atoms with E-state index in [1.807, 2.05) is 49.3 Å². The lowest BCUT2D eigenvalue weighted by atomic mass is 9.99. The largest absolute Gasteiger partial charge is 0.507 e. The highest BCUT2D eigenvalue weighted by atomic mass is 16.5. The van der Waals surface area contributed by atoms with Gasteiger partial charge in [-0.05, 0) is 43.9 Å². The number of benzene rings is 2. The van der Waals surface area contributed by atoms with Crippen LogP contribution in [0.3, 0.4) is 0 Å². The number of phenols is 1. The highest BCUT2D eigenvalue weighted by molar-refractivity contribution is 6.03. The minimum absolute atomic E-state index is 0.0723. The number of nitrogens with zero attached hydrogens (tertiary/aromatic N) is 2. The Morgan fingerprint density at radius 3 is 2.58 bits per heavy atom. The Morgan fingerprint density at radius 1 is 1.19 bits per heavy atom. The zero-order valence-electron chi connectivity index (χ0n) is 15.0. The van der Waals surface area contributed by atoms with Crippen molar-refractivity contribution >= 4 is 22.4 Å². The first-order valence-corrected chi connectivity index (χ1v) is 8.19. The number of likely N-dealkylation sites (N-methyl/N-ethyl adjacent to an activating group) is 1. The van der Waals surface area contributed by atoms with Gasteiger partial charge in [0.05, 0.1) is 13.7 Å². The molecular weight excluding hydrogens is 330 g/mol. The Morgan fingerprint density at radius 2 is 1.92 bits per heavy atom. The number of nitrogens with one attached hydrogen (secondary N) is 1. The summed E-state index contributed by atoms with van der Waals surface area (Å²) >= 11 is 0. The molecule has 0 radical (unpaired) electrons. The number of carbonyl (C=O) groups excluding carboxylic acids is 1. The van der Waals surface area contributed by atoms with Crippen LogP contribution in [0.1, 0.15) is 0 Å². The second-order valence-corrected chi connectivity index (χ2v) is 6.24. The van der Waals surface area contributed by atoms with Crippen molar-refractivity contribution in [1.29, 1.82) is 0 Å². The second-order valence-electron chi connectivity index (χ2n) is 6.24. The van der Waals surface area contributed by atoms with Crippen LogP contribution in [0.15, 0.2) is 48.7 Å². The molecule has 0 fully saturated rings. The van der Waals surface area contributed by atoms with Crippen molar-refractivity contribution in [3.05, 3.63) is 48.7 Å². The molecule has 2 aromatic carbocycles. The van der Waals surface area contributed by atoms with Crippen LogP contribution in [-0.4, -0.2) is 48.6 Å². The van der Waals surface area contributed by atoms with E-state index < -0.39 is 0 Å². The minimum Gasteiger partial charge on any atom is -0.507 e. The van der Waals surface area contributed by atoms with Crippen molar-refractivity contribution in [3.63, 3.8) is 0 Å². The summed E-state index contributed by atoms with van der Waals surface area (Å²) in [6.45, 7) is 0.322. The van der Waals surface area contributed by atoms with E-state index in [9.17, 15) is 9.90 Å². The van der Waals surface area contributed by atoms with Crippen LogP contribution in [0.25, 0.3) is 21.9 Å². The lowest BCUT2D eigenvalue weighted by molar-refractivity contribution is -0.116. The topological polar surface area (TPSA) is 74.7 Å². The molecule has 3 rings (SSSR count). The number of ether oxygens (including phenoxy) is 1. The van der Waals surface area contributed by atoms with Gasteiger partial charge in [0.2, 0.25) is 11.8 Å². The van der Waals surface area contributed by atoms with Crippen molar-refractivity contribution in [3.8, 4) is 22.8 Å². The number of aromatic nitrogens is 1. The molecule has 0 aliphatic heterocycles. The molecule has 0 saturated carbocycles. The summed E-state index contributed by atoms with van der Waals surface area (Å²) in [5.41, 5.74) is 2.40. The van der Waals surface area contributed by atoms with Crippen molar-refractivity contribution in [2.45, 2.75) is 0 Å². The molecule has 1 aromatic heterocycles. The number of phenolic OH excluding ortho intramolecular Hbond substituents is 1. The third kappa shape index (κ3) is 3.60. The van der Waals surface area contributed by atoms with Crippen molar-refractivity contribution in [2.24, 2.45) is 0 Å². The maximum atomic E-state index is 11.9. The van der Waals surface area contributed by atoms with Crippen molar-refractivity contribution in [1.82, 2.24) is 9.88 Å². The maximum absolute atomic E-state index is 11.9. The fourth-order valence-corrected chi connectivity index (χ4v) is 2.86. The molecule has 2 N–H and O–H groups in total. The molecule has 3 aromatic rings. The smallest absolute Gasteiger partial charge is 0.238 e. The van der Waals surface area contributed by atoms with Crippen LogP contribution in [0.5, 0.6) is 11.6 Å². The average molecular weight is 351 g/mol. The number of carbonyl (C=O) groups is 1. The lowest BCUT2D eigenvalue weighted by Gasteiger charge is -2.12. The molecule has 134 valence electrons. The van der Waals surface area contributed by atoms with Crippen LogP contribution < -0.4 is 10.1 Å². The molecule has 0 unspecified atom stereocenters. The van der Waals surface area contributed by atoms with Crippen LogP contribution in [0, 0.1) is 0 Å². The van der Waals surface area contributed by atoms with E-state index in [1.165, 1.54) is 0 Å². The predicted molar refractivity (Wildman–Crippen MR) is 103 cm³/mol. The molecule has 0 aliphatic rings. The van der Waals surface area contributed by atoms with Crippen molar-refractivity contribution in [2.75, 3.05) is 33.1 Å². The quantitative estimate of drug-likeness (QED) is 0.739. The molecule has 0 aliphatic carbocycles. The molecule has 26 heavy (non-hydrogen) atoms. The number of amides is 1. The van der Waals surface area contributed by atoms with Gasteiger partial charge in [0.1, 0.15) is 5.75 Å². The monoisotopic (exact) mass is 351 g/mol. The van der Waals surface area contributed by atoms with Gasteiger partial charge in [-0.15, -0.1) is 0 Å². The highest BCUT2D eigenvalue weighted by Crippen LogP contribution is 2.38. The maximum Gasteiger partial charge on any atom is 0.238 e. The number of hydrogen-bond donors (Lipinski definition) is 2. The zero-order chi connectivity index (χ0) is 18.7. The van der Waals surface area contributed by atoms with E-state index in [0.29, 0.717) is 17.8 Å². The van der Waals surface area contributed by atoms with Crippen LogP contribution in [-0.2, 0) is 4.79 Å². The van der Waals surface area contributed by atoms with E-state index in [0.717, 1.165) is 22.2 Å². The van der Waals surface area contributed by atoms with Gasteiger partial charge in [0.15, 0.2) is 0 Å². The van der Waals surface area contributed by atoms with Crippen LogP contribution in [0.4, 0.5) is 5.69 Å². The first kappa shape index (κ1) is 17.7. The lowest BCUT2D eigenvalue weighted by Crippen LogP contribution is -2.27. The van der Waals surface area contributed by atoms with Gasteiger partial charge in [0.25, 0.3) is 0 Å². The molecule has 0 saturated heterocycles. The van der Waals surface area contributed by atoms with Gasteiger partial charge < -0.3 is 20.1 Å². The minimum atomic E-state index is -0.0723. The van der Waals surface area contributed by atoms with Crippen LogP contribution in [0.2, 0.25) is 0 Å². The Labute approximate surface area is 152 Å². The van der Waals surface area contributed by atoms with Gasteiger partial charge in [-0.3, -0.25) is 4.79 Å². The summed E-state index contributed by atoms with van der Waals surface area (Å²) in [6, 6.07) is 12.7. The summed E-state index contributed by atoms with van der Waals surface area (Å²) in [7, 11) is 5.24. The molecule has 1 heterocycles. The van der Waals surface area contributed by atoms with E-state index >= 15 is 0 Å². The first-order chi connectivity index (χ1) is 12.5. The predicted octanol–water partition coefficient (Wildman–Crippen LogP) is 3.12. The van der Waals surface area contributed by atoms with E-state index in [4.69, 9.17) is 4.74 Å². The standard InChI is InChI=1S/C20H21N3O3/c1-23(2)12-18(25)22-14-9-7-13(8-10-14)16-11-21-20(26-3)15-5-4-6-17(24)19(15)16/h4-11,24H,12H2,1-3H3,(H,22,25). The number of anilines is 1. The summed E-state index contributed by atoms with van der Waals surface area (Å²) in [6.07, 6.45) is 1.68. The summed E-state index contributed by atoms with van der Waals surface area (Å²) in [4.78, 5) is 18.0. The zero-order valence-corrected chi connectivity index (χ0v) is 15.0. The second kappa shape index (κ2) is 7.41. The van der Waals surface area contributed by atoms with E-state index in [-0.39, 0.29) is 11.7 Å². The number of rotatable bonds is 5. The summed E-state index contributed by atoms with van der Waals surface area (Å²) in [5.74, 6) is 0.561. The van der Waals surface area contributed by atoms with Gasteiger partial charge in [-0.25, -0.2) is 4.98 Å². The summed E-state index contributed by atoms with van der Waals surface area (Å²) in [5, 5.41) is 14.6. The molecule has 6 heteroatoms. The number of fused-ring (bicyclic) bond motifs is 1. The Bertz CT molecular complexity index is 937. The van der Waals surface area contributed by atoms with Gasteiger partial charge in [-0.1, -0.05) is 18.2 Å². The highest BCUT2D eigenvalue weighted by Gasteiger charge is 2.13. The molecular formula is C20H21N3O3. The molecule has 0 bridgehead atoms. The normalized spacial score (nSPS) is 10.9. The first-order valence-electron chi connectivity index (χ1n) is 8.19. The molecule has 0 spiro atoms. The number of methoxy groups -OCH3 is 1. The summed E-state index contributed by atoms with van der Waals surface area (Å²) < 4.78 is 5.29. The third-order valence-electron chi connectivity index (χ3n) is 3.99. The average Bonchev–Trinajstić information content (AvgIpc) is 2.61. The van der Waals surface area contributed by atoms with Gasteiger partial charge >= 0.3 is 0 Å². The van der Waals surface area contributed by atoms with E-state index in [1.54, 1.807) is 25.4 Å². The Hall–Kier alpha value is -3.12. The van der Waals surface area contributed by atoms with Crippen LogP contribution >= 0.6 is 0 Å². The number of pyridine rings is 1. The van der Waals surface area contributed by atoms with Gasteiger partial charge in [-0.2, -0.15) is 0 Å². The van der Waals surface area contributed by atoms with Gasteiger partial charge in [0, 0.05) is 28.2 Å². The van der Waals surface area contributed by atoms with Crippen molar-refractivity contribution < 1.29 is 14.6 Å². The molecule has 6 nitrogen and oxygen atoms in total. The fraction of sp³-hybridized carbons (Fsp3) is 0.200. The Balaban J connectivity index is 1.96.